The second kappa shape index (κ2) is 3.16. The Bertz CT molecular complexity index is 85.0. The van der Waals surface area contributed by atoms with Gasteiger partial charge in [-0.3, -0.25) is 4.39 Å². The summed E-state index contributed by atoms with van der Waals surface area (Å²) in [4.78, 5) is 0. The summed E-state index contributed by atoms with van der Waals surface area (Å²) in [5.41, 5.74) is 0. The van der Waals surface area contributed by atoms with Crippen LogP contribution in [-0.2, 0) is 0 Å². The minimum absolute atomic E-state index is 0.159. The maximum atomic E-state index is 12.1. The second-order valence-corrected chi connectivity index (χ2v) is 2.88. The first-order valence-electron chi connectivity index (χ1n) is 3.61. The molecule has 9 heavy (non-hydrogen) atoms. The number of alkyl halides is 1. The predicted molar refractivity (Wildman–Crippen MR) is 36.1 cm³/mol. The Labute approximate surface area is 55.6 Å². The smallest absolute Gasteiger partial charge is 0.0937 e. The zero-order valence-electron chi connectivity index (χ0n) is 5.86. The maximum Gasteiger partial charge on any atom is 0.0937 e. The Kier molecular flexibility index (Phi) is 2.46. The number of halogens is 1. The third-order valence-electron chi connectivity index (χ3n) is 2.19. The number of hydrogen-bond donors (Lipinski definition) is 1. The van der Waals surface area contributed by atoms with Gasteiger partial charge >= 0.3 is 0 Å². The van der Waals surface area contributed by atoms with Gasteiger partial charge in [-0.25, -0.2) is 0 Å². The van der Waals surface area contributed by atoms with Crippen LogP contribution in [0.3, 0.4) is 0 Å². The van der Waals surface area contributed by atoms with Crippen molar-refractivity contribution in [3.8, 4) is 0 Å². The van der Waals surface area contributed by atoms with Crippen molar-refractivity contribution in [2.24, 2.45) is 11.8 Å². The molecule has 0 amide bonds. The first kappa shape index (κ1) is 7.00. The monoisotopic (exact) mass is 131 g/mol. The molecule has 0 aliphatic carbocycles. The number of hydrogen-bond acceptors (Lipinski definition) is 1. The van der Waals surface area contributed by atoms with Crippen LogP contribution >= 0.6 is 0 Å². The summed E-state index contributed by atoms with van der Waals surface area (Å²) < 4.78 is 12.1. The molecule has 0 bridgehead atoms. The Hall–Kier alpha value is -0.110. The van der Waals surface area contributed by atoms with Crippen LogP contribution in [0.2, 0.25) is 0 Å². The lowest BCUT2D eigenvalue weighted by Gasteiger charge is -2.26. The van der Waals surface area contributed by atoms with Crippen molar-refractivity contribution in [2.75, 3.05) is 19.8 Å². The van der Waals surface area contributed by atoms with Crippen LogP contribution in [0.1, 0.15) is 13.3 Å². The highest BCUT2D eigenvalue weighted by molar-refractivity contribution is 4.73. The summed E-state index contributed by atoms with van der Waals surface area (Å²) >= 11 is 0. The van der Waals surface area contributed by atoms with Gasteiger partial charge in [0.15, 0.2) is 0 Å². The highest BCUT2D eigenvalue weighted by atomic mass is 19.1. The average molecular weight is 131 g/mol. The number of nitrogens with one attached hydrogen (secondary N) is 1. The molecule has 2 unspecified atom stereocenters. The lowest BCUT2D eigenvalue weighted by atomic mass is 9.89. The maximum absolute atomic E-state index is 12.1. The Morgan fingerprint density at radius 2 is 2.44 bits per heavy atom. The van der Waals surface area contributed by atoms with Crippen LogP contribution in [0.25, 0.3) is 0 Å². The largest absolute Gasteiger partial charge is 0.316 e. The molecule has 2 atom stereocenters. The van der Waals surface area contributed by atoms with Crippen LogP contribution in [0, 0.1) is 11.8 Å². The van der Waals surface area contributed by atoms with Crippen molar-refractivity contribution < 1.29 is 4.39 Å². The molecule has 1 aliphatic heterocycles. The summed E-state index contributed by atoms with van der Waals surface area (Å²) in [6, 6.07) is 0. The van der Waals surface area contributed by atoms with Gasteiger partial charge in [0, 0.05) is 12.5 Å². The molecule has 2 heteroatoms. The molecule has 1 saturated heterocycles. The molecule has 1 fully saturated rings. The summed E-state index contributed by atoms with van der Waals surface area (Å²) in [5, 5.41) is 3.18. The number of piperidine rings is 1. The standard InChI is InChI=1S/C7H14FN/c1-6-2-3-9-5-7(6)4-8/h6-7,9H,2-5H2,1H3. The Balaban J connectivity index is 2.30. The van der Waals surface area contributed by atoms with E-state index in [-0.39, 0.29) is 12.6 Å². The summed E-state index contributed by atoms with van der Waals surface area (Å²) in [7, 11) is 0. The van der Waals surface area contributed by atoms with Crippen LogP contribution in [0.15, 0.2) is 0 Å². The van der Waals surface area contributed by atoms with Crippen molar-refractivity contribution in [1.29, 1.82) is 0 Å². The second-order valence-electron chi connectivity index (χ2n) is 2.88. The predicted octanol–water partition coefficient (Wildman–Crippen LogP) is 1.20. The average Bonchev–Trinajstić information content (AvgIpc) is 1.89. The lowest BCUT2D eigenvalue weighted by molar-refractivity contribution is 0.222. The fraction of sp³-hybridized carbons (Fsp3) is 1.00. The summed E-state index contributed by atoms with van der Waals surface area (Å²) in [6.45, 7) is 3.91. The molecular weight excluding hydrogens is 117 g/mol. The van der Waals surface area contributed by atoms with E-state index in [4.69, 9.17) is 0 Å². The van der Waals surface area contributed by atoms with Gasteiger partial charge in [-0.15, -0.1) is 0 Å². The topological polar surface area (TPSA) is 12.0 Å². The zero-order chi connectivity index (χ0) is 6.69. The van der Waals surface area contributed by atoms with E-state index >= 15 is 0 Å². The fourth-order valence-electron chi connectivity index (χ4n) is 1.26. The normalized spacial score (nSPS) is 36.7. The van der Waals surface area contributed by atoms with E-state index in [0.29, 0.717) is 5.92 Å². The highest BCUT2D eigenvalue weighted by Crippen LogP contribution is 2.17. The van der Waals surface area contributed by atoms with E-state index in [1.165, 1.54) is 0 Å². The minimum atomic E-state index is -0.159. The van der Waals surface area contributed by atoms with Gasteiger partial charge < -0.3 is 5.32 Å². The number of rotatable bonds is 1. The van der Waals surface area contributed by atoms with Crippen molar-refractivity contribution in [3.05, 3.63) is 0 Å². The van der Waals surface area contributed by atoms with E-state index in [1.807, 2.05) is 0 Å². The summed E-state index contributed by atoms with van der Waals surface area (Å²) in [5.74, 6) is 0.856. The van der Waals surface area contributed by atoms with Gasteiger partial charge in [-0.1, -0.05) is 6.92 Å². The molecule has 1 N–H and O–H groups in total. The van der Waals surface area contributed by atoms with Gasteiger partial charge in [-0.2, -0.15) is 0 Å². The molecule has 1 nitrogen and oxygen atoms in total. The SMILES string of the molecule is CC1CCNCC1CF. The van der Waals surface area contributed by atoms with Gasteiger partial charge in [0.25, 0.3) is 0 Å². The lowest BCUT2D eigenvalue weighted by Crippen LogP contribution is -2.36. The van der Waals surface area contributed by atoms with Crippen molar-refractivity contribution >= 4 is 0 Å². The van der Waals surface area contributed by atoms with Crippen molar-refractivity contribution in [2.45, 2.75) is 13.3 Å². The summed E-state index contributed by atoms with van der Waals surface area (Å²) in [6.07, 6.45) is 1.13. The van der Waals surface area contributed by atoms with E-state index in [1.54, 1.807) is 0 Å². The molecule has 54 valence electrons. The molecule has 0 saturated carbocycles. The van der Waals surface area contributed by atoms with Gasteiger partial charge in [-0.05, 0) is 18.9 Å². The van der Waals surface area contributed by atoms with E-state index in [2.05, 4.69) is 12.2 Å². The van der Waals surface area contributed by atoms with Crippen molar-refractivity contribution in [3.63, 3.8) is 0 Å². The molecule has 0 aromatic rings. The van der Waals surface area contributed by atoms with E-state index < -0.39 is 0 Å². The molecule has 1 rings (SSSR count). The van der Waals surface area contributed by atoms with Crippen LogP contribution < -0.4 is 5.32 Å². The quantitative estimate of drug-likeness (QED) is 0.564. The van der Waals surface area contributed by atoms with Crippen molar-refractivity contribution in [1.82, 2.24) is 5.32 Å². The Morgan fingerprint density at radius 3 is 2.89 bits per heavy atom. The first-order chi connectivity index (χ1) is 4.34. The molecular formula is C7H14FN. The molecule has 0 aromatic carbocycles. The Morgan fingerprint density at radius 1 is 1.67 bits per heavy atom. The molecule has 0 spiro atoms. The molecule has 1 aliphatic rings. The van der Waals surface area contributed by atoms with Gasteiger partial charge in [0.1, 0.15) is 0 Å². The van der Waals surface area contributed by atoms with Gasteiger partial charge in [0.05, 0.1) is 6.67 Å². The van der Waals surface area contributed by atoms with E-state index in [0.717, 1.165) is 19.5 Å². The van der Waals surface area contributed by atoms with Crippen LogP contribution in [0.5, 0.6) is 0 Å². The van der Waals surface area contributed by atoms with Gasteiger partial charge in [0.2, 0.25) is 0 Å². The zero-order valence-corrected chi connectivity index (χ0v) is 5.86. The van der Waals surface area contributed by atoms with Crippen LogP contribution in [-0.4, -0.2) is 19.8 Å². The third kappa shape index (κ3) is 1.65. The molecule has 1 heterocycles. The highest BCUT2D eigenvalue weighted by Gasteiger charge is 2.19. The molecule has 0 aromatic heterocycles. The molecule has 0 radical (unpaired) electrons. The van der Waals surface area contributed by atoms with Crippen LogP contribution in [0.4, 0.5) is 4.39 Å². The first-order valence-corrected chi connectivity index (χ1v) is 3.61. The van der Waals surface area contributed by atoms with E-state index in [9.17, 15) is 4.39 Å². The third-order valence-corrected chi connectivity index (χ3v) is 2.19. The minimum Gasteiger partial charge on any atom is -0.316 e. The fourth-order valence-corrected chi connectivity index (χ4v) is 1.26.